The van der Waals surface area contributed by atoms with E-state index in [9.17, 15) is 14.4 Å². The van der Waals surface area contributed by atoms with E-state index in [0.29, 0.717) is 12.2 Å². The van der Waals surface area contributed by atoms with Gasteiger partial charge in [-0.2, -0.15) is 0 Å². The fourth-order valence-corrected chi connectivity index (χ4v) is 3.42. The topological polar surface area (TPSA) is 57.7 Å². The smallest absolute Gasteiger partial charge is 0.258 e. The van der Waals surface area contributed by atoms with Crippen LogP contribution < -0.4 is 4.90 Å². The summed E-state index contributed by atoms with van der Waals surface area (Å²) in [5.41, 5.74) is 2.89. The predicted molar refractivity (Wildman–Crippen MR) is 98.3 cm³/mol. The molecule has 1 atom stereocenters. The van der Waals surface area contributed by atoms with E-state index in [-0.39, 0.29) is 23.8 Å². The molecule has 26 heavy (non-hydrogen) atoms. The van der Waals surface area contributed by atoms with Crippen molar-refractivity contribution in [2.45, 2.75) is 18.9 Å². The van der Waals surface area contributed by atoms with Crippen LogP contribution in [0.5, 0.6) is 0 Å². The van der Waals surface area contributed by atoms with E-state index in [4.69, 9.17) is 0 Å². The van der Waals surface area contributed by atoms with Gasteiger partial charge in [0.05, 0.1) is 11.7 Å². The van der Waals surface area contributed by atoms with Crippen molar-refractivity contribution in [2.24, 2.45) is 0 Å². The lowest BCUT2D eigenvalue weighted by Gasteiger charge is -2.26. The van der Waals surface area contributed by atoms with Crippen LogP contribution in [0.2, 0.25) is 0 Å². The highest BCUT2D eigenvalue weighted by Gasteiger charge is 2.25. The number of hydrogen-bond donors (Lipinski definition) is 0. The van der Waals surface area contributed by atoms with Gasteiger partial charge in [-0.1, -0.05) is 36.4 Å². The average Bonchev–Trinajstić information content (AvgIpc) is 3.22. The summed E-state index contributed by atoms with van der Waals surface area (Å²) in [5, 5.41) is 0. The summed E-state index contributed by atoms with van der Waals surface area (Å²) >= 11 is 0. The minimum absolute atomic E-state index is 0.0765. The third kappa shape index (κ3) is 3.04. The fourth-order valence-electron chi connectivity index (χ4n) is 3.42. The summed E-state index contributed by atoms with van der Waals surface area (Å²) in [4.78, 5) is 38.2. The highest BCUT2D eigenvalue weighted by atomic mass is 16.2. The Morgan fingerprint density at radius 1 is 0.885 bits per heavy atom. The van der Waals surface area contributed by atoms with Crippen molar-refractivity contribution in [3.63, 3.8) is 0 Å². The number of carbonyl (C=O) groups excluding carboxylic acids is 3. The normalized spacial score (nSPS) is 21.9. The molecule has 1 aromatic carbocycles. The molecular formula is C21H18N2O3. The molecule has 130 valence electrons. The molecule has 0 spiro atoms. The van der Waals surface area contributed by atoms with Crippen LogP contribution in [0.3, 0.4) is 0 Å². The molecule has 1 aliphatic carbocycles. The van der Waals surface area contributed by atoms with Gasteiger partial charge in [0, 0.05) is 24.8 Å². The van der Waals surface area contributed by atoms with Gasteiger partial charge in [-0.25, -0.2) is 4.90 Å². The van der Waals surface area contributed by atoms with Gasteiger partial charge in [-0.15, -0.1) is 0 Å². The number of nitrogens with zero attached hydrogens (tertiary/aromatic N) is 2. The number of carbonyl (C=O) groups is 3. The second-order valence-corrected chi connectivity index (χ2v) is 6.52. The molecular weight excluding hydrogens is 328 g/mol. The van der Waals surface area contributed by atoms with Crippen LogP contribution in [0.1, 0.15) is 12.0 Å². The number of hydrogen-bond acceptors (Lipinski definition) is 3. The fraction of sp³-hybridized carbons (Fsp3) is 0.190. The van der Waals surface area contributed by atoms with Crippen LogP contribution in [0, 0.1) is 0 Å². The molecule has 2 aliphatic heterocycles. The molecule has 0 bridgehead atoms. The largest absolute Gasteiger partial charge is 0.329 e. The van der Waals surface area contributed by atoms with E-state index in [1.54, 1.807) is 18.2 Å². The monoisotopic (exact) mass is 346 g/mol. The first kappa shape index (κ1) is 16.3. The third-order valence-corrected chi connectivity index (χ3v) is 4.81. The summed E-state index contributed by atoms with van der Waals surface area (Å²) in [5.74, 6) is -0.539. The summed E-state index contributed by atoms with van der Waals surface area (Å²) in [7, 11) is 0. The highest BCUT2D eigenvalue weighted by molar-refractivity contribution is 6.28. The van der Waals surface area contributed by atoms with Gasteiger partial charge in [-0.05, 0) is 36.1 Å². The van der Waals surface area contributed by atoms with Gasteiger partial charge in [-0.3, -0.25) is 14.4 Å². The van der Waals surface area contributed by atoms with Gasteiger partial charge in [0.2, 0.25) is 5.91 Å². The number of imide groups is 1. The van der Waals surface area contributed by atoms with Crippen LogP contribution >= 0.6 is 0 Å². The maximum atomic E-state index is 11.8. The summed E-state index contributed by atoms with van der Waals surface area (Å²) in [6, 6.07) is 7.58. The molecule has 0 aromatic heterocycles. The first-order valence-corrected chi connectivity index (χ1v) is 8.61. The van der Waals surface area contributed by atoms with Crippen LogP contribution in [-0.2, 0) is 20.8 Å². The molecule has 0 saturated heterocycles. The van der Waals surface area contributed by atoms with Crippen LogP contribution in [-0.4, -0.2) is 35.2 Å². The van der Waals surface area contributed by atoms with Crippen molar-refractivity contribution in [1.82, 2.24) is 4.90 Å². The number of benzene rings is 1. The van der Waals surface area contributed by atoms with Crippen LogP contribution in [0.4, 0.5) is 5.69 Å². The summed E-state index contributed by atoms with van der Waals surface area (Å²) in [6.07, 6.45) is 14.0. The van der Waals surface area contributed by atoms with E-state index in [2.05, 4.69) is 18.2 Å². The second-order valence-electron chi connectivity index (χ2n) is 6.52. The third-order valence-electron chi connectivity index (χ3n) is 4.81. The standard InChI is InChI=1S/C21H18N2O3/c24-19-2-1-13-22(19)17-7-3-15(4-8-17)14-16-5-9-18(10-6-16)23-20(25)11-12-21(23)26/h1-7,9-12,17H,8,13-14H2. The van der Waals surface area contributed by atoms with E-state index < -0.39 is 0 Å². The molecule has 3 amide bonds. The summed E-state index contributed by atoms with van der Waals surface area (Å²) < 4.78 is 0. The Hall–Kier alpha value is -3.21. The lowest BCUT2D eigenvalue weighted by molar-refractivity contribution is -0.125. The Morgan fingerprint density at radius 3 is 2.19 bits per heavy atom. The van der Waals surface area contributed by atoms with Gasteiger partial charge < -0.3 is 4.90 Å². The molecule has 1 aromatic rings. The zero-order valence-electron chi connectivity index (χ0n) is 14.2. The quantitative estimate of drug-likeness (QED) is 0.786. The minimum atomic E-state index is -0.308. The van der Waals surface area contributed by atoms with Crippen molar-refractivity contribution in [3.8, 4) is 0 Å². The van der Waals surface area contributed by atoms with E-state index in [0.717, 1.165) is 23.3 Å². The zero-order valence-corrected chi connectivity index (χ0v) is 14.2. The van der Waals surface area contributed by atoms with Crippen molar-refractivity contribution in [1.29, 1.82) is 0 Å². The molecule has 0 fully saturated rings. The van der Waals surface area contributed by atoms with E-state index in [1.165, 1.54) is 17.7 Å². The van der Waals surface area contributed by atoms with Crippen LogP contribution in [0.15, 0.2) is 72.4 Å². The predicted octanol–water partition coefficient (Wildman–Crippen LogP) is 2.31. The second kappa shape index (κ2) is 6.59. The minimum Gasteiger partial charge on any atom is -0.329 e. The lowest BCUT2D eigenvalue weighted by atomic mass is 9.96. The van der Waals surface area contributed by atoms with E-state index in [1.807, 2.05) is 23.1 Å². The SMILES string of the molecule is O=C1C=CC(=O)N1c1ccc(CC2=CCC(N3CC=CC3=O)C=C2)cc1. The zero-order chi connectivity index (χ0) is 18.1. The Kier molecular flexibility index (Phi) is 4.13. The maximum Gasteiger partial charge on any atom is 0.258 e. The van der Waals surface area contributed by atoms with Gasteiger partial charge in [0.25, 0.3) is 11.8 Å². The van der Waals surface area contributed by atoms with Crippen LogP contribution in [0.25, 0.3) is 0 Å². The van der Waals surface area contributed by atoms with Crippen molar-refractivity contribution >= 4 is 23.4 Å². The number of amides is 3. The molecule has 5 nitrogen and oxygen atoms in total. The molecule has 5 heteroatoms. The highest BCUT2D eigenvalue weighted by Crippen LogP contribution is 2.23. The van der Waals surface area contributed by atoms with Crippen molar-refractivity contribution in [3.05, 3.63) is 77.9 Å². The molecule has 2 heterocycles. The molecule has 0 radical (unpaired) electrons. The Bertz CT molecular complexity index is 872. The Labute approximate surface area is 151 Å². The molecule has 1 unspecified atom stereocenters. The first-order valence-electron chi connectivity index (χ1n) is 8.61. The van der Waals surface area contributed by atoms with Crippen molar-refractivity contribution in [2.75, 3.05) is 11.4 Å². The number of rotatable bonds is 4. The van der Waals surface area contributed by atoms with Gasteiger partial charge >= 0.3 is 0 Å². The van der Waals surface area contributed by atoms with Gasteiger partial charge in [0.1, 0.15) is 0 Å². The first-order chi connectivity index (χ1) is 12.6. The van der Waals surface area contributed by atoms with E-state index >= 15 is 0 Å². The van der Waals surface area contributed by atoms with Gasteiger partial charge in [0.15, 0.2) is 0 Å². The number of allylic oxidation sites excluding steroid dienone is 2. The molecule has 3 aliphatic rings. The Morgan fingerprint density at radius 2 is 1.62 bits per heavy atom. The Balaban J connectivity index is 1.39. The van der Waals surface area contributed by atoms with Crippen molar-refractivity contribution < 1.29 is 14.4 Å². The molecule has 0 saturated carbocycles. The summed E-state index contributed by atoms with van der Waals surface area (Å²) in [6.45, 7) is 0.682. The maximum absolute atomic E-state index is 11.8. The average molecular weight is 346 g/mol. The lowest BCUT2D eigenvalue weighted by Crippen LogP contribution is -2.35. The molecule has 4 rings (SSSR count). The molecule has 0 N–H and O–H groups in total. The number of anilines is 1.